The van der Waals surface area contributed by atoms with Crippen molar-refractivity contribution in [3.8, 4) is 0 Å². The van der Waals surface area contributed by atoms with Gasteiger partial charge in [-0.3, -0.25) is 0 Å². The topological polar surface area (TPSA) is 55.8 Å². The van der Waals surface area contributed by atoms with Gasteiger partial charge in [0.05, 0.1) is 6.54 Å². The van der Waals surface area contributed by atoms with Gasteiger partial charge in [-0.2, -0.15) is 0 Å². The SMILES string of the molecule is CCNC(=NCc1ccc(N2CCN(C)CC2)nc1)NCCc1ccc(Cl)cc1.I. The van der Waals surface area contributed by atoms with E-state index in [-0.39, 0.29) is 24.0 Å². The van der Waals surface area contributed by atoms with E-state index >= 15 is 0 Å². The average Bonchev–Trinajstić information content (AvgIpc) is 2.74. The Kier molecular flexibility index (Phi) is 10.7. The number of rotatable bonds is 7. The van der Waals surface area contributed by atoms with Crippen LogP contribution in [0, 0.1) is 0 Å². The van der Waals surface area contributed by atoms with Crippen LogP contribution in [-0.2, 0) is 13.0 Å². The summed E-state index contributed by atoms with van der Waals surface area (Å²) >= 11 is 5.94. The Bertz CT molecular complexity index is 773. The van der Waals surface area contributed by atoms with Crippen LogP contribution < -0.4 is 15.5 Å². The van der Waals surface area contributed by atoms with Gasteiger partial charge in [0.25, 0.3) is 0 Å². The first-order valence-electron chi connectivity index (χ1n) is 10.3. The Morgan fingerprint density at radius 1 is 1.03 bits per heavy atom. The zero-order chi connectivity index (χ0) is 20.5. The van der Waals surface area contributed by atoms with Crippen molar-refractivity contribution in [2.24, 2.45) is 4.99 Å². The van der Waals surface area contributed by atoms with Crippen molar-refractivity contribution in [1.29, 1.82) is 0 Å². The molecule has 1 fully saturated rings. The van der Waals surface area contributed by atoms with Gasteiger partial charge in [-0.05, 0) is 49.7 Å². The molecular formula is C22H32ClIN6. The van der Waals surface area contributed by atoms with Crippen LogP contribution in [0.4, 0.5) is 5.82 Å². The lowest BCUT2D eigenvalue weighted by Gasteiger charge is -2.33. The van der Waals surface area contributed by atoms with Gasteiger partial charge >= 0.3 is 0 Å². The summed E-state index contributed by atoms with van der Waals surface area (Å²) in [6, 6.07) is 12.2. The summed E-state index contributed by atoms with van der Waals surface area (Å²) in [5.74, 6) is 1.88. The van der Waals surface area contributed by atoms with E-state index in [1.807, 2.05) is 18.3 Å². The smallest absolute Gasteiger partial charge is 0.191 e. The Labute approximate surface area is 202 Å². The molecule has 6 nitrogen and oxygen atoms in total. The minimum Gasteiger partial charge on any atom is -0.357 e. The number of aliphatic imine (C=N–C) groups is 1. The Hall–Kier alpha value is -1.58. The molecule has 0 bridgehead atoms. The molecule has 0 atom stereocenters. The van der Waals surface area contributed by atoms with Gasteiger partial charge in [0.15, 0.2) is 5.96 Å². The summed E-state index contributed by atoms with van der Waals surface area (Å²) < 4.78 is 0. The highest BCUT2D eigenvalue weighted by atomic mass is 127. The average molecular weight is 543 g/mol. The molecule has 0 saturated carbocycles. The molecule has 1 saturated heterocycles. The van der Waals surface area contributed by atoms with Gasteiger partial charge in [-0.15, -0.1) is 24.0 Å². The van der Waals surface area contributed by atoms with E-state index in [2.05, 4.69) is 63.7 Å². The van der Waals surface area contributed by atoms with Crippen LogP contribution in [0.5, 0.6) is 0 Å². The highest BCUT2D eigenvalue weighted by Crippen LogP contribution is 2.14. The standard InChI is InChI=1S/C22H31ClN6.HI/c1-3-24-22(25-11-10-18-4-7-20(23)8-5-18)27-17-19-6-9-21(26-16-19)29-14-12-28(2)13-15-29;/h4-9,16H,3,10-15,17H2,1-2H3,(H2,24,25,27);1H. The number of nitrogens with zero attached hydrogens (tertiary/aromatic N) is 4. The number of piperazine rings is 1. The van der Waals surface area contributed by atoms with Crippen LogP contribution in [0.15, 0.2) is 47.6 Å². The lowest BCUT2D eigenvalue weighted by atomic mass is 10.1. The number of halogens is 2. The molecule has 1 aromatic carbocycles. The largest absolute Gasteiger partial charge is 0.357 e. The second kappa shape index (κ2) is 13.0. The Balaban J connectivity index is 0.00000320. The summed E-state index contributed by atoms with van der Waals surface area (Å²) in [5, 5.41) is 7.46. The lowest BCUT2D eigenvalue weighted by Crippen LogP contribution is -2.44. The fraction of sp³-hybridized carbons (Fsp3) is 0.455. The van der Waals surface area contributed by atoms with Gasteiger partial charge in [0, 0.05) is 50.5 Å². The van der Waals surface area contributed by atoms with E-state index in [0.29, 0.717) is 6.54 Å². The predicted molar refractivity (Wildman–Crippen MR) is 137 cm³/mol. The van der Waals surface area contributed by atoms with Crippen molar-refractivity contribution in [2.45, 2.75) is 19.9 Å². The highest BCUT2D eigenvalue weighted by molar-refractivity contribution is 14.0. The monoisotopic (exact) mass is 542 g/mol. The molecule has 30 heavy (non-hydrogen) atoms. The van der Waals surface area contributed by atoms with Crippen LogP contribution in [0.2, 0.25) is 5.02 Å². The van der Waals surface area contributed by atoms with Crippen molar-refractivity contribution in [3.63, 3.8) is 0 Å². The number of hydrogen-bond acceptors (Lipinski definition) is 4. The van der Waals surface area contributed by atoms with Crippen molar-refractivity contribution >= 4 is 47.4 Å². The summed E-state index contributed by atoms with van der Waals surface area (Å²) in [6.45, 7) is 8.55. The minimum atomic E-state index is 0. The molecule has 0 aliphatic carbocycles. The third-order valence-electron chi connectivity index (χ3n) is 5.02. The van der Waals surface area contributed by atoms with E-state index in [9.17, 15) is 0 Å². The zero-order valence-electron chi connectivity index (χ0n) is 17.8. The van der Waals surface area contributed by atoms with Gasteiger partial charge < -0.3 is 20.4 Å². The van der Waals surface area contributed by atoms with E-state index in [4.69, 9.17) is 16.6 Å². The predicted octanol–water partition coefficient (Wildman–Crippen LogP) is 3.40. The second-order valence-corrected chi connectivity index (χ2v) is 7.75. The molecule has 0 spiro atoms. The third kappa shape index (κ3) is 7.92. The van der Waals surface area contributed by atoms with Crippen molar-refractivity contribution in [2.75, 3.05) is 51.2 Å². The van der Waals surface area contributed by atoms with Gasteiger partial charge in [0.2, 0.25) is 0 Å². The first-order valence-corrected chi connectivity index (χ1v) is 10.7. The van der Waals surface area contributed by atoms with Gasteiger partial charge in [-0.25, -0.2) is 9.98 Å². The molecule has 1 aromatic heterocycles. The van der Waals surface area contributed by atoms with E-state index in [0.717, 1.165) is 68.1 Å². The zero-order valence-corrected chi connectivity index (χ0v) is 20.9. The minimum absolute atomic E-state index is 0. The number of benzene rings is 1. The first kappa shape index (κ1) is 24.7. The quantitative estimate of drug-likeness (QED) is 0.319. The van der Waals surface area contributed by atoms with Crippen LogP contribution in [-0.4, -0.2) is 62.2 Å². The van der Waals surface area contributed by atoms with Crippen LogP contribution in [0.3, 0.4) is 0 Å². The fourth-order valence-corrected chi connectivity index (χ4v) is 3.35. The van der Waals surface area contributed by atoms with Crippen molar-refractivity contribution < 1.29 is 0 Å². The molecule has 2 aromatic rings. The second-order valence-electron chi connectivity index (χ2n) is 7.31. The van der Waals surface area contributed by atoms with Crippen molar-refractivity contribution in [3.05, 3.63) is 58.7 Å². The number of guanidine groups is 1. The Morgan fingerprint density at radius 3 is 2.37 bits per heavy atom. The Morgan fingerprint density at radius 2 is 1.73 bits per heavy atom. The van der Waals surface area contributed by atoms with Gasteiger partial charge in [-0.1, -0.05) is 29.8 Å². The number of anilines is 1. The lowest BCUT2D eigenvalue weighted by molar-refractivity contribution is 0.312. The highest BCUT2D eigenvalue weighted by Gasteiger charge is 2.14. The number of hydrogen-bond donors (Lipinski definition) is 2. The number of pyridine rings is 1. The van der Waals surface area contributed by atoms with E-state index < -0.39 is 0 Å². The molecule has 0 unspecified atom stereocenters. The number of nitrogens with one attached hydrogen (secondary N) is 2. The van der Waals surface area contributed by atoms with E-state index in [1.165, 1.54) is 5.56 Å². The molecule has 2 N–H and O–H groups in total. The number of likely N-dealkylation sites (N-methyl/N-ethyl adjacent to an activating group) is 1. The molecule has 1 aliphatic heterocycles. The molecule has 1 aliphatic rings. The summed E-state index contributed by atoms with van der Waals surface area (Å²) in [4.78, 5) is 14.0. The van der Waals surface area contributed by atoms with E-state index in [1.54, 1.807) is 0 Å². The fourth-order valence-electron chi connectivity index (χ4n) is 3.22. The molecule has 0 amide bonds. The summed E-state index contributed by atoms with van der Waals surface area (Å²) in [6.07, 6.45) is 2.86. The van der Waals surface area contributed by atoms with Crippen LogP contribution >= 0.6 is 35.6 Å². The molecule has 3 rings (SSSR count). The normalized spacial score (nSPS) is 14.9. The molecule has 164 valence electrons. The summed E-state index contributed by atoms with van der Waals surface area (Å²) in [7, 11) is 2.16. The number of aromatic nitrogens is 1. The maximum Gasteiger partial charge on any atom is 0.191 e. The van der Waals surface area contributed by atoms with Gasteiger partial charge in [0.1, 0.15) is 5.82 Å². The molecular weight excluding hydrogens is 511 g/mol. The van der Waals surface area contributed by atoms with Crippen molar-refractivity contribution in [1.82, 2.24) is 20.5 Å². The summed E-state index contributed by atoms with van der Waals surface area (Å²) in [5.41, 5.74) is 2.36. The molecule has 8 heteroatoms. The maximum absolute atomic E-state index is 5.94. The maximum atomic E-state index is 5.94. The molecule has 2 heterocycles. The third-order valence-corrected chi connectivity index (χ3v) is 5.27. The first-order chi connectivity index (χ1) is 14.1. The molecule has 0 radical (unpaired) electrons. The van der Waals surface area contributed by atoms with Crippen LogP contribution in [0.1, 0.15) is 18.1 Å². The van der Waals surface area contributed by atoms with Crippen LogP contribution in [0.25, 0.3) is 0 Å².